The molecule has 3 rings (SSSR count). The lowest BCUT2D eigenvalue weighted by Crippen LogP contribution is -2.49. The number of ether oxygens (including phenoxy) is 1. The zero-order valence-electron chi connectivity index (χ0n) is 14.5. The number of methoxy groups -OCH3 is 1. The Morgan fingerprint density at radius 1 is 1.08 bits per heavy atom. The van der Waals surface area contributed by atoms with Crippen LogP contribution in [0, 0.1) is 5.82 Å². The Balaban J connectivity index is 1.50. The Morgan fingerprint density at radius 2 is 1.84 bits per heavy atom. The van der Waals surface area contributed by atoms with Crippen LogP contribution in [0.4, 0.5) is 4.39 Å². The molecule has 0 atom stereocenters. The van der Waals surface area contributed by atoms with Crippen molar-refractivity contribution in [2.24, 2.45) is 0 Å². The number of benzene rings is 2. The van der Waals surface area contributed by atoms with Crippen LogP contribution in [0.25, 0.3) is 0 Å². The minimum absolute atomic E-state index is 0.160. The third-order valence-corrected chi connectivity index (χ3v) is 4.61. The predicted molar refractivity (Wildman–Crippen MR) is 95.4 cm³/mol. The highest BCUT2D eigenvalue weighted by Gasteiger charge is 2.23. The first-order chi connectivity index (χ1) is 12.2. The van der Waals surface area contributed by atoms with Gasteiger partial charge in [0.05, 0.1) is 12.7 Å². The number of nitrogens with zero attached hydrogens (tertiary/aromatic N) is 2. The summed E-state index contributed by atoms with van der Waals surface area (Å²) < 4.78 is 19.0. The molecule has 0 bridgehead atoms. The van der Waals surface area contributed by atoms with Crippen LogP contribution in [0.3, 0.4) is 0 Å². The van der Waals surface area contributed by atoms with Crippen molar-refractivity contribution >= 4 is 5.91 Å². The average Bonchev–Trinajstić information content (AvgIpc) is 2.67. The van der Waals surface area contributed by atoms with E-state index in [4.69, 9.17) is 4.74 Å². The van der Waals surface area contributed by atoms with Gasteiger partial charge in [-0.05, 0) is 36.2 Å². The zero-order valence-corrected chi connectivity index (χ0v) is 14.5. The highest BCUT2D eigenvalue weighted by molar-refractivity contribution is 5.94. The number of carbonyl (C=O) groups excluding carboxylic acids is 1. The SMILES string of the molecule is COc1cccc(CCN2CCN(C(=O)c3ccccc3F)CC2)c1. The Bertz CT molecular complexity index is 727. The van der Waals surface area contributed by atoms with Crippen LogP contribution >= 0.6 is 0 Å². The van der Waals surface area contributed by atoms with Crippen LogP contribution in [0.5, 0.6) is 5.75 Å². The van der Waals surface area contributed by atoms with Gasteiger partial charge in [0.1, 0.15) is 11.6 Å². The maximum absolute atomic E-state index is 13.8. The lowest BCUT2D eigenvalue weighted by molar-refractivity contribution is 0.0634. The fourth-order valence-corrected chi connectivity index (χ4v) is 3.09. The number of hydrogen-bond donors (Lipinski definition) is 0. The fourth-order valence-electron chi connectivity index (χ4n) is 3.09. The molecular weight excluding hydrogens is 319 g/mol. The monoisotopic (exact) mass is 342 g/mol. The molecule has 2 aromatic carbocycles. The number of rotatable bonds is 5. The Hall–Kier alpha value is -2.40. The molecule has 0 aliphatic carbocycles. The van der Waals surface area contributed by atoms with Crippen molar-refractivity contribution in [3.63, 3.8) is 0 Å². The Morgan fingerprint density at radius 3 is 2.56 bits per heavy atom. The molecule has 2 aromatic rings. The van der Waals surface area contributed by atoms with Gasteiger partial charge in [-0.2, -0.15) is 0 Å². The normalized spacial score (nSPS) is 15.2. The van der Waals surface area contributed by atoms with E-state index in [1.54, 1.807) is 30.2 Å². The quantitative estimate of drug-likeness (QED) is 0.838. The highest BCUT2D eigenvalue weighted by Crippen LogP contribution is 2.15. The van der Waals surface area contributed by atoms with Crippen LogP contribution in [0.15, 0.2) is 48.5 Å². The predicted octanol–water partition coefficient (Wildman–Crippen LogP) is 2.83. The van der Waals surface area contributed by atoms with Gasteiger partial charge in [-0.1, -0.05) is 24.3 Å². The van der Waals surface area contributed by atoms with Crippen molar-refractivity contribution < 1.29 is 13.9 Å². The lowest BCUT2D eigenvalue weighted by Gasteiger charge is -2.34. The maximum Gasteiger partial charge on any atom is 0.256 e. The molecule has 1 aliphatic rings. The van der Waals surface area contributed by atoms with Crippen molar-refractivity contribution in [1.82, 2.24) is 9.80 Å². The van der Waals surface area contributed by atoms with E-state index in [0.717, 1.165) is 31.8 Å². The molecule has 0 saturated carbocycles. The standard InChI is InChI=1S/C20H23FN2O2/c1-25-17-6-4-5-16(15-17)9-10-22-11-13-23(14-12-22)20(24)18-7-2-3-8-19(18)21/h2-8,15H,9-14H2,1H3. The number of piperazine rings is 1. The Kier molecular flexibility index (Phi) is 5.66. The molecule has 132 valence electrons. The summed E-state index contributed by atoms with van der Waals surface area (Å²) in [7, 11) is 1.67. The molecular formula is C20H23FN2O2. The lowest BCUT2D eigenvalue weighted by atomic mass is 10.1. The molecule has 4 nitrogen and oxygen atoms in total. The highest BCUT2D eigenvalue weighted by atomic mass is 19.1. The van der Waals surface area contributed by atoms with Gasteiger partial charge in [0.25, 0.3) is 5.91 Å². The van der Waals surface area contributed by atoms with Crippen molar-refractivity contribution in [3.05, 3.63) is 65.5 Å². The van der Waals surface area contributed by atoms with Gasteiger partial charge in [-0.3, -0.25) is 9.69 Å². The van der Waals surface area contributed by atoms with E-state index in [2.05, 4.69) is 17.0 Å². The van der Waals surface area contributed by atoms with E-state index in [0.29, 0.717) is 13.1 Å². The third kappa shape index (κ3) is 4.37. The van der Waals surface area contributed by atoms with Gasteiger partial charge in [0, 0.05) is 32.7 Å². The summed E-state index contributed by atoms with van der Waals surface area (Å²) in [6.07, 6.45) is 0.943. The topological polar surface area (TPSA) is 32.8 Å². The molecule has 1 saturated heterocycles. The van der Waals surface area contributed by atoms with Crippen LogP contribution < -0.4 is 4.74 Å². The summed E-state index contributed by atoms with van der Waals surface area (Å²) in [5.74, 6) is 0.205. The van der Waals surface area contributed by atoms with Gasteiger partial charge >= 0.3 is 0 Å². The fraction of sp³-hybridized carbons (Fsp3) is 0.350. The van der Waals surface area contributed by atoms with Gasteiger partial charge in [0.2, 0.25) is 0 Å². The maximum atomic E-state index is 13.8. The molecule has 5 heteroatoms. The molecule has 1 heterocycles. The van der Waals surface area contributed by atoms with Gasteiger partial charge in [-0.15, -0.1) is 0 Å². The van der Waals surface area contributed by atoms with Crippen molar-refractivity contribution in [1.29, 1.82) is 0 Å². The van der Waals surface area contributed by atoms with Crippen molar-refractivity contribution in [2.75, 3.05) is 39.8 Å². The zero-order chi connectivity index (χ0) is 17.6. The van der Waals surface area contributed by atoms with E-state index < -0.39 is 5.82 Å². The van der Waals surface area contributed by atoms with Crippen LogP contribution in [0.1, 0.15) is 15.9 Å². The van der Waals surface area contributed by atoms with Crippen molar-refractivity contribution in [2.45, 2.75) is 6.42 Å². The molecule has 0 aromatic heterocycles. The average molecular weight is 342 g/mol. The van der Waals surface area contributed by atoms with E-state index in [-0.39, 0.29) is 11.5 Å². The number of amides is 1. The summed E-state index contributed by atoms with van der Waals surface area (Å²) in [6.45, 7) is 3.82. The molecule has 0 N–H and O–H groups in total. The summed E-state index contributed by atoms with van der Waals surface area (Å²) in [4.78, 5) is 16.5. The number of hydrogen-bond acceptors (Lipinski definition) is 3. The molecule has 0 spiro atoms. The van der Waals surface area contributed by atoms with E-state index in [1.807, 2.05) is 12.1 Å². The second-order valence-electron chi connectivity index (χ2n) is 6.22. The molecule has 1 aliphatic heterocycles. The molecule has 0 radical (unpaired) electrons. The second-order valence-corrected chi connectivity index (χ2v) is 6.22. The molecule has 25 heavy (non-hydrogen) atoms. The number of halogens is 1. The Labute approximate surface area is 147 Å². The third-order valence-electron chi connectivity index (χ3n) is 4.61. The summed E-state index contributed by atoms with van der Waals surface area (Å²) in [5, 5.41) is 0. The first kappa shape index (κ1) is 17.4. The minimum Gasteiger partial charge on any atom is -0.497 e. The van der Waals surface area contributed by atoms with E-state index in [9.17, 15) is 9.18 Å². The smallest absolute Gasteiger partial charge is 0.256 e. The summed E-state index contributed by atoms with van der Waals surface area (Å²) in [5.41, 5.74) is 1.40. The summed E-state index contributed by atoms with van der Waals surface area (Å²) in [6, 6.07) is 14.3. The van der Waals surface area contributed by atoms with E-state index >= 15 is 0 Å². The van der Waals surface area contributed by atoms with Crippen molar-refractivity contribution in [3.8, 4) is 5.75 Å². The molecule has 0 unspecified atom stereocenters. The van der Waals surface area contributed by atoms with Crippen LogP contribution in [-0.4, -0.2) is 55.5 Å². The largest absolute Gasteiger partial charge is 0.497 e. The van der Waals surface area contributed by atoms with Gasteiger partial charge < -0.3 is 9.64 Å². The first-order valence-corrected chi connectivity index (χ1v) is 8.56. The second kappa shape index (κ2) is 8.12. The minimum atomic E-state index is -0.451. The number of carbonyl (C=O) groups is 1. The van der Waals surface area contributed by atoms with Crippen LogP contribution in [0.2, 0.25) is 0 Å². The van der Waals surface area contributed by atoms with Gasteiger partial charge in [-0.25, -0.2) is 4.39 Å². The summed E-state index contributed by atoms with van der Waals surface area (Å²) >= 11 is 0. The molecule has 1 amide bonds. The first-order valence-electron chi connectivity index (χ1n) is 8.56. The van der Waals surface area contributed by atoms with Gasteiger partial charge in [0.15, 0.2) is 0 Å². The van der Waals surface area contributed by atoms with Crippen LogP contribution in [-0.2, 0) is 6.42 Å². The van der Waals surface area contributed by atoms with E-state index in [1.165, 1.54) is 11.6 Å². The molecule has 1 fully saturated rings.